The van der Waals surface area contributed by atoms with E-state index in [-0.39, 0.29) is 12.3 Å². The van der Waals surface area contributed by atoms with Crippen molar-refractivity contribution in [2.45, 2.75) is 20.3 Å². The molecule has 140 valence electrons. The van der Waals surface area contributed by atoms with Crippen molar-refractivity contribution in [3.8, 4) is 22.6 Å². The van der Waals surface area contributed by atoms with Crippen LogP contribution in [0.2, 0.25) is 0 Å². The van der Waals surface area contributed by atoms with Gasteiger partial charge in [-0.3, -0.25) is 9.89 Å². The van der Waals surface area contributed by atoms with Crippen LogP contribution in [0, 0.1) is 13.8 Å². The van der Waals surface area contributed by atoms with Crippen LogP contribution in [0.25, 0.3) is 11.1 Å². The molecule has 0 spiro atoms. The van der Waals surface area contributed by atoms with Crippen molar-refractivity contribution in [2.24, 2.45) is 0 Å². The van der Waals surface area contributed by atoms with Gasteiger partial charge in [-0.2, -0.15) is 5.10 Å². The minimum Gasteiger partial charge on any atom is -0.493 e. The first kappa shape index (κ1) is 18.5. The number of carbonyl (C=O) groups is 1. The fourth-order valence-electron chi connectivity index (χ4n) is 2.93. The summed E-state index contributed by atoms with van der Waals surface area (Å²) in [5.41, 5.74) is 4.68. The summed E-state index contributed by atoms with van der Waals surface area (Å²) in [6, 6.07) is 13.5. The van der Waals surface area contributed by atoms with E-state index in [1.807, 2.05) is 56.3 Å². The number of hydrogen-bond donors (Lipinski definition) is 2. The number of methoxy groups -OCH3 is 2. The largest absolute Gasteiger partial charge is 0.493 e. The van der Waals surface area contributed by atoms with Gasteiger partial charge in [0.25, 0.3) is 0 Å². The molecule has 0 bridgehead atoms. The standard InChI is InChI=1S/C21H23N3O3/c1-13-5-7-15(8-6-13)11-19(25)22-21-20(14(2)23-24-21)16-9-10-17(26-3)18(12-16)27-4/h5-10,12H,11H2,1-4H3,(H2,22,23,24,25). The second-order valence-electron chi connectivity index (χ2n) is 6.35. The third-order valence-electron chi connectivity index (χ3n) is 4.36. The molecule has 1 heterocycles. The maximum Gasteiger partial charge on any atom is 0.230 e. The van der Waals surface area contributed by atoms with Crippen LogP contribution in [0.4, 0.5) is 5.82 Å². The number of rotatable bonds is 6. The number of carbonyl (C=O) groups excluding carboxylic acids is 1. The number of benzene rings is 2. The summed E-state index contributed by atoms with van der Waals surface area (Å²) in [7, 11) is 3.19. The number of H-pyrrole nitrogens is 1. The molecular weight excluding hydrogens is 342 g/mol. The molecule has 0 radical (unpaired) electrons. The fraction of sp³-hybridized carbons (Fsp3) is 0.238. The number of nitrogens with zero attached hydrogens (tertiary/aromatic N) is 1. The highest BCUT2D eigenvalue weighted by molar-refractivity contribution is 5.95. The maximum atomic E-state index is 12.5. The number of amides is 1. The Morgan fingerprint density at radius 2 is 1.74 bits per heavy atom. The van der Waals surface area contributed by atoms with Gasteiger partial charge in [0.05, 0.1) is 20.6 Å². The number of hydrogen-bond acceptors (Lipinski definition) is 4. The minimum absolute atomic E-state index is 0.118. The van der Waals surface area contributed by atoms with Gasteiger partial charge in [-0.1, -0.05) is 35.9 Å². The quantitative estimate of drug-likeness (QED) is 0.695. The van der Waals surface area contributed by atoms with Crippen LogP contribution in [0.15, 0.2) is 42.5 Å². The molecular formula is C21H23N3O3. The first-order chi connectivity index (χ1) is 13.0. The molecule has 0 saturated carbocycles. The molecule has 0 atom stereocenters. The van der Waals surface area contributed by atoms with Crippen molar-refractivity contribution in [1.29, 1.82) is 0 Å². The summed E-state index contributed by atoms with van der Waals surface area (Å²) in [5, 5.41) is 10.1. The van der Waals surface area contributed by atoms with Gasteiger partial charge in [0.2, 0.25) is 5.91 Å². The normalized spacial score (nSPS) is 10.5. The molecule has 2 aromatic carbocycles. The highest BCUT2D eigenvalue weighted by Gasteiger charge is 2.17. The Morgan fingerprint density at radius 3 is 2.41 bits per heavy atom. The fourth-order valence-corrected chi connectivity index (χ4v) is 2.93. The summed E-state index contributed by atoms with van der Waals surface area (Å²) in [6.07, 6.45) is 0.289. The van der Waals surface area contributed by atoms with Crippen molar-refractivity contribution in [1.82, 2.24) is 10.2 Å². The number of nitrogens with one attached hydrogen (secondary N) is 2. The summed E-state index contributed by atoms with van der Waals surface area (Å²) in [5.74, 6) is 1.64. The van der Waals surface area contributed by atoms with E-state index in [2.05, 4.69) is 15.5 Å². The summed E-state index contributed by atoms with van der Waals surface area (Å²) >= 11 is 0. The molecule has 2 N–H and O–H groups in total. The lowest BCUT2D eigenvalue weighted by atomic mass is 10.0. The van der Waals surface area contributed by atoms with Gasteiger partial charge >= 0.3 is 0 Å². The molecule has 27 heavy (non-hydrogen) atoms. The third kappa shape index (κ3) is 4.11. The molecule has 0 saturated heterocycles. The highest BCUT2D eigenvalue weighted by atomic mass is 16.5. The highest BCUT2D eigenvalue weighted by Crippen LogP contribution is 2.36. The monoisotopic (exact) mass is 365 g/mol. The molecule has 3 aromatic rings. The van der Waals surface area contributed by atoms with Crippen LogP contribution in [0.1, 0.15) is 16.8 Å². The van der Waals surface area contributed by atoms with Crippen LogP contribution >= 0.6 is 0 Å². The zero-order valence-corrected chi connectivity index (χ0v) is 15.9. The van der Waals surface area contributed by atoms with E-state index in [0.29, 0.717) is 17.3 Å². The average molecular weight is 365 g/mol. The topological polar surface area (TPSA) is 76.2 Å². The molecule has 1 amide bonds. The van der Waals surface area contributed by atoms with Crippen LogP contribution < -0.4 is 14.8 Å². The van der Waals surface area contributed by atoms with Gasteiger partial charge in [-0.15, -0.1) is 0 Å². The van der Waals surface area contributed by atoms with E-state index in [4.69, 9.17) is 9.47 Å². The van der Waals surface area contributed by atoms with Gasteiger partial charge in [0, 0.05) is 11.3 Å². The second-order valence-corrected chi connectivity index (χ2v) is 6.35. The van der Waals surface area contributed by atoms with Gasteiger partial charge in [0.1, 0.15) is 0 Å². The molecule has 0 unspecified atom stereocenters. The SMILES string of the molecule is COc1ccc(-c2c(NC(=O)Cc3ccc(C)cc3)n[nH]c2C)cc1OC. The number of aromatic nitrogens is 2. The van der Waals surface area contributed by atoms with Crippen LogP contribution in [-0.2, 0) is 11.2 Å². The van der Waals surface area contributed by atoms with E-state index >= 15 is 0 Å². The van der Waals surface area contributed by atoms with Crippen molar-refractivity contribution in [3.05, 3.63) is 59.3 Å². The minimum atomic E-state index is -0.118. The zero-order chi connectivity index (χ0) is 19.4. The van der Waals surface area contributed by atoms with Crippen LogP contribution in [-0.4, -0.2) is 30.3 Å². The first-order valence-electron chi connectivity index (χ1n) is 8.64. The lowest BCUT2D eigenvalue weighted by Crippen LogP contribution is -2.15. The molecule has 6 heteroatoms. The van der Waals surface area contributed by atoms with Gasteiger partial charge in [-0.05, 0) is 37.1 Å². The van der Waals surface area contributed by atoms with Crippen molar-refractivity contribution >= 4 is 11.7 Å². The lowest BCUT2D eigenvalue weighted by Gasteiger charge is -2.11. The number of aromatic amines is 1. The maximum absolute atomic E-state index is 12.5. The number of aryl methyl sites for hydroxylation is 2. The lowest BCUT2D eigenvalue weighted by molar-refractivity contribution is -0.115. The molecule has 1 aromatic heterocycles. The number of ether oxygens (including phenoxy) is 2. The zero-order valence-electron chi connectivity index (χ0n) is 15.9. The van der Waals surface area contributed by atoms with Crippen LogP contribution in [0.5, 0.6) is 11.5 Å². The second kappa shape index (κ2) is 7.95. The van der Waals surface area contributed by atoms with Crippen molar-refractivity contribution < 1.29 is 14.3 Å². The smallest absolute Gasteiger partial charge is 0.230 e. The van der Waals surface area contributed by atoms with E-state index in [9.17, 15) is 4.79 Å². The Morgan fingerprint density at radius 1 is 1.04 bits per heavy atom. The van der Waals surface area contributed by atoms with E-state index in [0.717, 1.165) is 27.9 Å². The van der Waals surface area contributed by atoms with E-state index in [1.165, 1.54) is 0 Å². The summed E-state index contributed by atoms with van der Waals surface area (Å²) < 4.78 is 10.7. The first-order valence-corrected chi connectivity index (χ1v) is 8.64. The Kier molecular flexibility index (Phi) is 5.45. The Bertz CT molecular complexity index is 946. The van der Waals surface area contributed by atoms with Crippen molar-refractivity contribution in [2.75, 3.05) is 19.5 Å². The Labute approximate surface area is 158 Å². The Balaban J connectivity index is 1.84. The van der Waals surface area contributed by atoms with Crippen LogP contribution in [0.3, 0.4) is 0 Å². The predicted molar refractivity (Wildman–Crippen MR) is 105 cm³/mol. The summed E-state index contributed by atoms with van der Waals surface area (Å²) in [4.78, 5) is 12.5. The molecule has 3 rings (SSSR count). The molecule has 0 fully saturated rings. The predicted octanol–water partition coefficient (Wildman–Crippen LogP) is 3.89. The molecule has 0 aliphatic carbocycles. The van der Waals surface area contributed by atoms with Crippen molar-refractivity contribution in [3.63, 3.8) is 0 Å². The third-order valence-corrected chi connectivity index (χ3v) is 4.36. The van der Waals surface area contributed by atoms with E-state index in [1.54, 1.807) is 14.2 Å². The van der Waals surface area contributed by atoms with Gasteiger partial charge in [-0.25, -0.2) is 0 Å². The summed E-state index contributed by atoms with van der Waals surface area (Å²) in [6.45, 7) is 3.93. The average Bonchev–Trinajstić information content (AvgIpc) is 3.03. The molecule has 6 nitrogen and oxygen atoms in total. The Hall–Kier alpha value is -3.28. The van der Waals surface area contributed by atoms with E-state index < -0.39 is 0 Å². The van der Waals surface area contributed by atoms with Gasteiger partial charge in [0.15, 0.2) is 17.3 Å². The molecule has 0 aliphatic heterocycles. The van der Waals surface area contributed by atoms with Gasteiger partial charge < -0.3 is 14.8 Å². The number of anilines is 1. The molecule has 0 aliphatic rings.